The van der Waals surface area contributed by atoms with Crippen molar-refractivity contribution in [3.63, 3.8) is 0 Å². The van der Waals surface area contributed by atoms with Crippen molar-refractivity contribution < 1.29 is 24.4 Å². The lowest BCUT2D eigenvalue weighted by atomic mass is 9.89. The van der Waals surface area contributed by atoms with Gasteiger partial charge in [-0.15, -0.1) is 0 Å². The van der Waals surface area contributed by atoms with Crippen LogP contribution in [-0.2, 0) is 26.2 Å². The van der Waals surface area contributed by atoms with Crippen LogP contribution in [0.4, 0.5) is 0 Å². The zero-order chi connectivity index (χ0) is 43.9. The number of carbonyl (C=O) groups excluding carboxylic acids is 2. The van der Waals surface area contributed by atoms with Gasteiger partial charge in [-0.25, -0.2) is 11.0 Å². The van der Waals surface area contributed by atoms with E-state index in [1.807, 2.05) is 48.7 Å². The van der Waals surface area contributed by atoms with Crippen molar-refractivity contribution in [3.05, 3.63) is 173 Å². The number of hydrogen-bond acceptors (Lipinski definition) is 10. The molecule has 8 rings (SSSR count). The number of rotatable bonds is 14. The van der Waals surface area contributed by atoms with Crippen molar-refractivity contribution in [2.24, 2.45) is 0 Å². The van der Waals surface area contributed by atoms with E-state index >= 15 is 0 Å². The average Bonchev–Trinajstić information content (AvgIpc) is 3.86. The molecule has 0 aliphatic carbocycles. The van der Waals surface area contributed by atoms with Crippen LogP contribution in [0.25, 0.3) is 22.5 Å². The summed E-state index contributed by atoms with van der Waals surface area (Å²) in [6.07, 6.45) is 6.35. The number of hydroxylamine groups is 2. The Hall–Kier alpha value is -5.99. The van der Waals surface area contributed by atoms with Gasteiger partial charge in [0, 0.05) is 105 Å². The van der Waals surface area contributed by atoms with Crippen molar-refractivity contribution in [1.29, 1.82) is 0 Å². The second kappa shape index (κ2) is 20.0. The number of carbonyl (C=O) groups is 2. The molecule has 0 radical (unpaired) electrons. The van der Waals surface area contributed by atoms with Gasteiger partial charge < -0.3 is 4.42 Å². The molecule has 4 heterocycles. The molecule has 5 atom stereocenters. The highest BCUT2D eigenvalue weighted by atomic mass is 16.5. The highest BCUT2D eigenvalue weighted by molar-refractivity contribution is 5.93. The number of nitrogens with zero attached hydrogens (tertiary/aromatic N) is 5. The molecular formula is C51H57N7O5. The van der Waals surface area contributed by atoms with Crippen LogP contribution in [0, 0.1) is 0 Å². The van der Waals surface area contributed by atoms with Gasteiger partial charge in [-0.1, -0.05) is 66.7 Å². The van der Waals surface area contributed by atoms with Gasteiger partial charge in [-0.05, 0) is 115 Å². The van der Waals surface area contributed by atoms with Crippen molar-refractivity contribution in [2.45, 2.75) is 83.6 Å². The molecule has 326 valence electrons. The Labute approximate surface area is 369 Å². The summed E-state index contributed by atoms with van der Waals surface area (Å²) in [6, 6.07) is 41.6. The molecular weight excluding hydrogens is 791 g/mol. The highest BCUT2D eigenvalue weighted by Gasteiger charge is 2.42. The summed E-state index contributed by atoms with van der Waals surface area (Å²) in [6.45, 7) is 12.7. The number of amides is 2. The summed E-state index contributed by atoms with van der Waals surface area (Å²) < 4.78 is 5.79. The second-order valence-electron chi connectivity index (χ2n) is 17.3. The van der Waals surface area contributed by atoms with Crippen LogP contribution in [0.3, 0.4) is 0 Å². The van der Waals surface area contributed by atoms with Crippen LogP contribution in [-0.4, -0.2) is 96.7 Å². The lowest BCUT2D eigenvalue weighted by Gasteiger charge is -2.53. The van der Waals surface area contributed by atoms with Gasteiger partial charge in [0.1, 0.15) is 5.76 Å². The third kappa shape index (κ3) is 10.5. The molecule has 12 nitrogen and oxygen atoms in total. The Kier molecular flexibility index (Phi) is 13.9. The van der Waals surface area contributed by atoms with E-state index in [0.29, 0.717) is 11.1 Å². The van der Waals surface area contributed by atoms with Gasteiger partial charge >= 0.3 is 0 Å². The van der Waals surface area contributed by atoms with Crippen LogP contribution in [0.2, 0.25) is 0 Å². The minimum Gasteiger partial charge on any atom is -0.464 e. The first-order valence-electron chi connectivity index (χ1n) is 21.8. The lowest BCUT2D eigenvalue weighted by molar-refractivity contribution is -0.0499. The number of piperazine rings is 2. The molecule has 2 aromatic heterocycles. The first kappa shape index (κ1) is 43.7. The van der Waals surface area contributed by atoms with E-state index in [2.05, 4.69) is 100.0 Å². The second-order valence-corrected chi connectivity index (χ2v) is 17.3. The molecule has 1 unspecified atom stereocenters. The van der Waals surface area contributed by atoms with Gasteiger partial charge in [-0.2, -0.15) is 0 Å². The fraction of sp³-hybridized carbons (Fsp3) is 0.314. The van der Waals surface area contributed by atoms with E-state index in [4.69, 9.17) is 4.42 Å². The summed E-state index contributed by atoms with van der Waals surface area (Å²) in [5.74, 6) is -0.201. The molecule has 0 spiro atoms. The maximum Gasteiger partial charge on any atom is 0.274 e. The number of aromatic nitrogens is 1. The Balaban J connectivity index is 1.11. The topological polar surface area (TPSA) is 138 Å². The Bertz CT molecular complexity index is 2430. The van der Waals surface area contributed by atoms with E-state index in [1.54, 1.807) is 47.7 Å². The third-order valence-electron chi connectivity index (χ3n) is 13.0. The Morgan fingerprint density at radius 3 is 1.86 bits per heavy atom. The SMILES string of the molecule is C[C@@H]1CN(Cc2ccc(C(=O)NO)cc2)C(C[C@@H]2CN(Cc3ccc(C(=O)NO)cc3)C[C@H](C)N2Cc2cccc(-c3ccco3)c2)[C@H](C)N1Cc1cccc(-c2cccnc2)c1. The molecule has 2 aliphatic rings. The largest absolute Gasteiger partial charge is 0.464 e. The maximum absolute atomic E-state index is 12.2. The monoisotopic (exact) mass is 847 g/mol. The van der Waals surface area contributed by atoms with Crippen LogP contribution in [0.15, 0.2) is 144 Å². The summed E-state index contributed by atoms with van der Waals surface area (Å²) in [7, 11) is 0. The average molecular weight is 848 g/mol. The molecule has 2 fully saturated rings. The number of hydrogen-bond donors (Lipinski definition) is 4. The van der Waals surface area contributed by atoms with E-state index < -0.39 is 11.8 Å². The van der Waals surface area contributed by atoms with Gasteiger partial charge in [0.2, 0.25) is 0 Å². The maximum atomic E-state index is 12.2. The molecule has 2 amide bonds. The number of benzene rings is 4. The van der Waals surface area contributed by atoms with Crippen molar-refractivity contribution in [2.75, 3.05) is 19.6 Å². The lowest BCUT2D eigenvalue weighted by Crippen LogP contribution is -2.64. The fourth-order valence-corrected chi connectivity index (χ4v) is 9.77. The zero-order valence-corrected chi connectivity index (χ0v) is 36.2. The molecule has 6 aromatic rings. The normalized spacial score (nSPS) is 21.3. The van der Waals surface area contributed by atoms with Crippen LogP contribution in [0.1, 0.15) is 70.2 Å². The zero-order valence-electron chi connectivity index (χ0n) is 36.2. The highest BCUT2D eigenvalue weighted by Crippen LogP contribution is 2.33. The van der Waals surface area contributed by atoms with Crippen LogP contribution >= 0.6 is 0 Å². The van der Waals surface area contributed by atoms with Gasteiger partial charge in [0.25, 0.3) is 11.8 Å². The molecule has 12 heteroatoms. The van der Waals surface area contributed by atoms with Crippen LogP contribution in [0.5, 0.6) is 0 Å². The van der Waals surface area contributed by atoms with E-state index in [9.17, 15) is 20.0 Å². The molecule has 2 saturated heterocycles. The van der Waals surface area contributed by atoms with Crippen molar-refractivity contribution in [3.8, 4) is 22.5 Å². The minimum absolute atomic E-state index is 0.175. The predicted octanol–water partition coefficient (Wildman–Crippen LogP) is 7.88. The van der Waals surface area contributed by atoms with E-state index in [0.717, 1.165) is 85.8 Å². The molecule has 63 heavy (non-hydrogen) atoms. The number of pyridine rings is 1. The smallest absolute Gasteiger partial charge is 0.274 e. The summed E-state index contributed by atoms with van der Waals surface area (Å²) in [5.41, 5.74) is 12.3. The first-order chi connectivity index (χ1) is 30.6. The van der Waals surface area contributed by atoms with Crippen molar-refractivity contribution in [1.82, 2.24) is 35.5 Å². The standard InChI is InChI=1S/C51H57N7O5/c1-35-28-55(30-38-14-18-42(19-15-38)50(59)53-61)34-47(58(35)33-41-9-5-11-45(25-41)49-13-7-23-63-49)26-48-37(3)57(32-40-8-4-10-44(24-40)46-12-6-22-52-27-46)36(2)29-56(48)31-39-16-20-43(21-17-39)51(60)54-62/h4-25,27,35-37,47-48,61-62H,26,28-34H2,1-3H3,(H,53,59)(H,54,60)/t35-,36+,37-,47+,48?/m0/s1. The molecule has 2 aliphatic heterocycles. The quantitative estimate of drug-likeness (QED) is 0.0633. The molecule has 4 aromatic carbocycles. The number of furan rings is 1. The van der Waals surface area contributed by atoms with E-state index in [1.165, 1.54) is 11.1 Å². The Morgan fingerprint density at radius 2 is 1.24 bits per heavy atom. The first-order valence-corrected chi connectivity index (χ1v) is 21.8. The van der Waals surface area contributed by atoms with Gasteiger partial charge in [0.15, 0.2) is 0 Å². The van der Waals surface area contributed by atoms with Gasteiger partial charge in [0.05, 0.1) is 6.26 Å². The molecule has 0 bridgehead atoms. The number of nitrogens with one attached hydrogen (secondary N) is 2. The summed E-state index contributed by atoms with van der Waals surface area (Å²) >= 11 is 0. The summed E-state index contributed by atoms with van der Waals surface area (Å²) in [4.78, 5) is 39.2. The summed E-state index contributed by atoms with van der Waals surface area (Å²) in [5, 5.41) is 18.4. The predicted molar refractivity (Wildman–Crippen MR) is 243 cm³/mol. The van der Waals surface area contributed by atoms with Crippen LogP contribution < -0.4 is 11.0 Å². The Morgan fingerprint density at radius 1 is 0.635 bits per heavy atom. The van der Waals surface area contributed by atoms with Crippen molar-refractivity contribution >= 4 is 11.8 Å². The minimum atomic E-state index is -0.528. The molecule has 0 saturated carbocycles. The molecule has 4 N–H and O–H groups in total. The van der Waals surface area contributed by atoms with E-state index in [-0.39, 0.29) is 30.2 Å². The third-order valence-corrected chi connectivity index (χ3v) is 13.0. The van der Waals surface area contributed by atoms with Gasteiger partial charge in [-0.3, -0.25) is 44.6 Å². The fourth-order valence-electron chi connectivity index (χ4n) is 9.77.